The minimum absolute atomic E-state index is 0.0566. The third kappa shape index (κ3) is 5.75. The van der Waals surface area contributed by atoms with Gasteiger partial charge in [-0.15, -0.1) is 0 Å². The monoisotopic (exact) mass is 356 g/mol. The SMILES string of the molecule is CN(CCC(=O)O)C(=O)NCC(C)(C)c1cccc(Br)c1. The van der Waals surface area contributed by atoms with Crippen LogP contribution in [0.4, 0.5) is 4.79 Å². The van der Waals surface area contributed by atoms with Crippen LogP contribution in [0.3, 0.4) is 0 Å². The Morgan fingerprint density at radius 2 is 2.05 bits per heavy atom. The number of hydrogen-bond donors (Lipinski definition) is 2. The molecule has 6 heteroatoms. The van der Waals surface area contributed by atoms with Gasteiger partial charge >= 0.3 is 12.0 Å². The molecular weight excluding hydrogens is 336 g/mol. The highest BCUT2D eigenvalue weighted by molar-refractivity contribution is 9.10. The van der Waals surface area contributed by atoms with Crippen LogP contribution in [-0.4, -0.2) is 42.1 Å². The zero-order chi connectivity index (χ0) is 16.0. The van der Waals surface area contributed by atoms with Crippen LogP contribution >= 0.6 is 15.9 Å². The van der Waals surface area contributed by atoms with Crippen molar-refractivity contribution < 1.29 is 14.7 Å². The summed E-state index contributed by atoms with van der Waals surface area (Å²) in [7, 11) is 1.59. The van der Waals surface area contributed by atoms with Gasteiger partial charge in [0.2, 0.25) is 0 Å². The summed E-state index contributed by atoms with van der Waals surface area (Å²) >= 11 is 3.44. The van der Waals surface area contributed by atoms with Crippen LogP contribution in [0.25, 0.3) is 0 Å². The van der Waals surface area contributed by atoms with Crippen molar-refractivity contribution in [2.24, 2.45) is 0 Å². The van der Waals surface area contributed by atoms with Crippen molar-refractivity contribution in [1.82, 2.24) is 10.2 Å². The number of rotatable bonds is 6. The molecule has 2 N–H and O–H groups in total. The maximum atomic E-state index is 11.9. The Bertz CT molecular complexity index is 517. The molecule has 2 amide bonds. The number of nitrogens with zero attached hydrogens (tertiary/aromatic N) is 1. The molecule has 5 nitrogen and oxygen atoms in total. The molecule has 21 heavy (non-hydrogen) atoms. The topological polar surface area (TPSA) is 69.6 Å². The second-order valence-electron chi connectivity index (χ2n) is 5.62. The summed E-state index contributed by atoms with van der Waals surface area (Å²) in [5.74, 6) is -0.913. The second kappa shape index (κ2) is 7.45. The fraction of sp³-hybridized carbons (Fsp3) is 0.467. The van der Waals surface area contributed by atoms with Gasteiger partial charge in [0.25, 0.3) is 0 Å². The van der Waals surface area contributed by atoms with Gasteiger partial charge < -0.3 is 15.3 Å². The molecule has 0 saturated heterocycles. The molecule has 0 saturated carbocycles. The zero-order valence-electron chi connectivity index (χ0n) is 12.5. The van der Waals surface area contributed by atoms with E-state index in [0.29, 0.717) is 6.54 Å². The third-order valence-electron chi connectivity index (χ3n) is 3.30. The molecule has 0 atom stereocenters. The van der Waals surface area contributed by atoms with E-state index in [1.807, 2.05) is 38.1 Å². The van der Waals surface area contributed by atoms with Crippen molar-refractivity contribution in [2.45, 2.75) is 25.7 Å². The summed E-state index contributed by atoms with van der Waals surface area (Å²) in [6, 6.07) is 7.70. The van der Waals surface area contributed by atoms with Crippen LogP contribution in [0.1, 0.15) is 25.8 Å². The summed E-state index contributed by atoms with van der Waals surface area (Å²) in [6.07, 6.45) is -0.0566. The fourth-order valence-electron chi connectivity index (χ4n) is 1.81. The average Bonchev–Trinajstić information content (AvgIpc) is 2.42. The normalized spacial score (nSPS) is 11.0. The Kier molecular flexibility index (Phi) is 6.20. The van der Waals surface area contributed by atoms with Crippen LogP contribution in [-0.2, 0) is 10.2 Å². The Balaban J connectivity index is 2.56. The molecule has 0 fully saturated rings. The highest BCUT2D eigenvalue weighted by Crippen LogP contribution is 2.25. The lowest BCUT2D eigenvalue weighted by atomic mass is 9.85. The second-order valence-corrected chi connectivity index (χ2v) is 6.53. The van der Waals surface area contributed by atoms with E-state index in [9.17, 15) is 9.59 Å². The van der Waals surface area contributed by atoms with Gasteiger partial charge in [-0.25, -0.2) is 4.79 Å². The summed E-state index contributed by atoms with van der Waals surface area (Å²) in [5.41, 5.74) is 0.901. The number of carboxylic acids is 1. The highest BCUT2D eigenvalue weighted by atomic mass is 79.9. The van der Waals surface area contributed by atoms with Crippen molar-refractivity contribution >= 4 is 27.9 Å². The van der Waals surface area contributed by atoms with Crippen molar-refractivity contribution in [3.8, 4) is 0 Å². The van der Waals surface area contributed by atoms with Crippen molar-refractivity contribution in [3.05, 3.63) is 34.3 Å². The van der Waals surface area contributed by atoms with Gasteiger partial charge in [-0.2, -0.15) is 0 Å². The molecule has 0 aromatic heterocycles. The molecule has 0 radical (unpaired) electrons. The number of hydrogen-bond acceptors (Lipinski definition) is 2. The van der Waals surface area contributed by atoms with E-state index in [1.54, 1.807) is 7.05 Å². The molecule has 0 aliphatic heterocycles. The molecule has 116 valence electrons. The molecule has 1 aromatic rings. The molecule has 0 heterocycles. The van der Waals surface area contributed by atoms with Gasteiger partial charge in [0.15, 0.2) is 0 Å². The molecule has 1 rings (SSSR count). The van der Waals surface area contributed by atoms with Crippen LogP contribution in [0.15, 0.2) is 28.7 Å². The first-order valence-corrected chi connectivity index (χ1v) is 7.48. The van der Waals surface area contributed by atoms with Gasteiger partial charge in [0.1, 0.15) is 0 Å². The van der Waals surface area contributed by atoms with E-state index < -0.39 is 5.97 Å². The molecule has 1 aromatic carbocycles. The molecule has 0 aliphatic carbocycles. The minimum atomic E-state index is -0.913. The highest BCUT2D eigenvalue weighted by Gasteiger charge is 2.22. The van der Waals surface area contributed by atoms with Gasteiger partial charge in [0, 0.05) is 30.0 Å². The van der Waals surface area contributed by atoms with Crippen LogP contribution in [0.5, 0.6) is 0 Å². The average molecular weight is 357 g/mol. The predicted molar refractivity (Wildman–Crippen MR) is 85.4 cm³/mol. The van der Waals surface area contributed by atoms with Gasteiger partial charge in [-0.1, -0.05) is 41.9 Å². The number of halogens is 1. The standard InChI is InChI=1S/C15H21BrN2O3/c1-15(2,11-5-4-6-12(16)9-11)10-17-14(21)18(3)8-7-13(19)20/h4-6,9H,7-8,10H2,1-3H3,(H,17,21)(H,19,20). The summed E-state index contributed by atoms with van der Waals surface area (Å²) in [6.45, 7) is 4.76. The Labute approximate surface area is 133 Å². The first-order valence-electron chi connectivity index (χ1n) is 6.69. The van der Waals surface area contributed by atoms with Crippen molar-refractivity contribution in [1.29, 1.82) is 0 Å². The number of aliphatic carboxylic acids is 1. The molecule has 0 spiro atoms. The van der Waals surface area contributed by atoms with Gasteiger partial charge in [-0.3, -0.25) is 4.79 Å². The number of carbonyl (C=O) groups is 2. The number of carbonyl (C=O) groups excluding carboxylic acids is 1. The Morgan fingerprint density at radius 3 is 2.62 bits per heavy atom. The fourth-order valence-corrected chi connectivity index (χ4v) is 2.21. The quantitative estimate of drug-likeness (QED) is 0.823. The summed E-state index contributed by atoms with van der Waals surface area (Å²) in [5, 5.41) is 11.5. The van der Waals surface area contributed by atoms with Crippen LogP contribution < -0.4 is 5.32 Å². The van der Waals surface area contributed by atoms with Gasteiger partial charge in [0.05, 0.1) is 6.42 Å². The minimum Gasteiger partial charge on any atom is -0.481 e. The molecule has 0 aliphatic rings. The van der Waals surface area contributed by atoms with Crippen molar-refractivity contribution in [2.75, 3.05) is 20.1 Å². The molecule has 0 bridgehead atoms. The Hall–Kier alpha value is -1.56. The van der Waals surface area contributed by atoms with Crippen molar-refractivity contribution in [3.63, 3.8) is 0 Å². The van der Waals surface area contributed by atoms with E-state index in [0.717, 1.165) is 10.0 Å². The first kappa shape index (κ1) is 17.5. The summed E-state index contributed by atoms with van der Waals surface area (Å²) in [4.78, 5) is 23.8. The molecule has 0 unspecified atom stereocenters. The number of urea groups is 1. The lowest BCUT2D eigenvalue weighted by molar-refractivity contribution is -0.137. The van der Waals surface area contributed by atoms with E-state index in [2.05, 4.69) is 21.2 Å². The van der Waals surface area contributed by atoms with Crippen LogP contribution in [0, 0.1) is 0 Å². The molecular formula is C15H21BrN2O3. The van der Waals surface area contributed by atoms with Gasteiger partial charge in [-0.05, 0) is 17.7 Å². The smallest absolute Gasteiger partial charge is 0.317 e. The van der Waals surface area contributed by atoms with E-state index in [4.69, 9.17) is 5.11 Å². The first-order chi connectivity index (χ1) is 9.72. The zero-order valence-corrected chi connectivity index (χ0v) is 14.1. The maximum Gasteiger partial charge on any atom is 0.317 e. The number of benzene rings is 1. The number of nitrogens with one attached hydrogen (secondary N) is 1. The lowest BCUT2D eigenvalue weighted by Crippen LogP contribution is -2.43. The van der Waals surface area contributed by atoms with E-state index >= 15 is 0 Å². The Morgan fingerprint density at radius 1 is 1.38 bits per heavy atom. The predicted octanol–water partition coefficient (Wildman–Crippen LogP) is 2.84. The number of carboxylic acid groups (broad SMARTS) is 1. The maximum absolute atomic E-state index is 11.9. The summed E-state index contributed by atoms with van der Waals surface area (Å²) < 4.78 is 0.998. The third-order valence-corrected chi connectivity index (χ3v) is 3.79. The van der Waals surface area contributed by atoms with E-state index in [1.165, 1.54) is 4.90 Å². The van der Waals surface area contributed by atoms with Crippen LogP contribution in [0.2, 0.25) is 0 Å². The largest absolute Gasteiger partial charge is 0.481 e. The number of amides is 2. The van der Waals surface area contributed by atoms with E-state index in [-0.39, 0.29) is 24.4 Å². The lowest BCUT2D eigenvalue weighted by Gasteiger charge is -2.27.